The molecule has 0 aliphatic carbocycles. The van der Waals surface area contributed by atoms with Crippen LogP contribution in [-0.2, 0) is 14.8 Å². The minimum atomic E-state index is -3.65. The van der Waals surface area contributed by atoms with Crippen LogP contribution in [0.4, 0.5) is 5.82 Å². The highest BCUT2D eigenvalue weighted by molar-refractivity contribution is 7.89. The molecule has 7 nitrogen and oxygen atoms in total. The molecule has 3 rings (SSSR count). The van der Waals surface area contributed by atoms with Crippen LogP contribution in [0.15, 0.2) is 47.5 Å². The summed E-state index contributed by atoms with van der Waals surface area (Å²) in [4.78, 5) is 17.0. The van der Waals surface area contributed by atoms with E-state index < -0.39 is 15.9 Å². The highest BCUT2D eigenvalue weighted by Crippen LogP contribution is 2.26. The van der Waals surface area contributed by atoms with Gasteiger partial charge >= 0.3 is 0 Å². The van der Waals surface area contributed by atoms with Crippen LogP contribution in [-0.4, -0.2) is 43.8 Å². The Morgan fingerprint density at radius 1 is 1.26 bits per heavy atom. The van der Waals surface area contributed by atoms with E-state index in [4.69, 9.17) is 4.74 Å². The molecule has 2 aromatic rings. The lowest BCUT2D eigenvalue weighted by atomic mass is 9.99. The van der Waals surface area contributed by atoms with Crippen molar-refractivity contribution in [3.05, 3.63) is 48.2 Å². The number of anilines is 1. The Morgan fingerprint density at radius 3 is 2.67 bits per heavy atom. The molecular weight excluding hydrogens is 366 g/mol. The number of benzene rings is 1. The van der Waals surface area contributed by atoms with E-state index in [9.17, 15) is 13.2 Å². The number of methoxy groups -OCH3 is 1. The summed E-state index contributed by atoms with van der Waals surface area (Å²) in [6, 6.07) is 9.94. The van der Waals surface area contributed by atoms with E-state index in [1.54, 1.807) is 24.4 Å². The fourth-order valence-corrected chi connectivity index (χ4v) is 4.63. The van der Waals surface area contributed by atoms with Gasteiger partial charge in [-0.15, -0.1) is 0 Å². The van der Waals surface area contributed by atoms with Gasteiger partial charge in [-0.05, 0) is 55.7 Å². The molecule has 1 aromatic heterocycles. The Balaban J connectivity index is 1.72. The van der Waals surface area contributed by atoms with Crippen molar-refractivity contribution in [3.63, 3.8) is 0 Å². The molecule has 0 spiro atoms. The normalized spacial score (nSPS) is 18.1. The number of aromatic nitrogens is 1. The Kier molecular flexibility index (Phi) is 5.76. The molecule has 1 amide bonds. The van der Waals surface area contributed by atoms with E-state index in [-0.39, 0.29) is 17.3 Å². The predicted molar refractivity (Wildman–Crippen MR) is 102 cm³/mol. The van der Waals surface area contributed by atoms with E-state index in [1.807, 2.05) is 13.0 Å². The number of hydrogen-bond acceptors (Lipinski definition) is 5. The number of pyridine rings is 1. The average molecular weight is 389 g/mol. The summed E-state index contributed by atoms with van der Waals surface area (Å²) in [5.41, 5.74) is 0.865. The Morgan fingerprint density at radius 2 is 2.00 bits per heavy atom. The lowest BCUT2D eigenvalue weighted by Gasteiger charge is -2.31. The summed E-state index contributed by atoms with van der Waals surface area (Å²) in [5, 5.41) is 2.82. The molecule has 0 bridgehead atoms. The van der Waals surface area contributed by atoms with Crippen molar-refractivity contribution in [2.75, 3.05) is 25.5 Å². The summed E-state index contributed by atoms with van der Waals surface area (Å²) in [6.45, 7) is 2.43. The van der Waals surface area contributed by atoms with Crippen LogP contribution in [0.3, 0.4) is 0 Å². The lowest BCUT2D eigenvalue weighted by molar-refractivity contribution is -0.120. The van der Waals surface area contributed by atoms with Crippen molar-refractivity contribution >= 4 is 21.7 Å². The zero-order valence-electron chi connectivity index (χ0n) is 15.4. The topological polar surface area (TPSA) is 88.6 Å². The third-order valence-corrected chi connectivity index (χ3v) is 6.58. The average Bonchev–Trinajstić information content (AvgIpc) is 2.70. The van der Waals surface area contributed by atoms with Gasteiger partial charge in [0.15, 0.2) is 0 Å². The molecule has 1 aliphatic heterocycles. The summed E-state index contributed by atoms with van der Waals surface area (Å²) >= 11 is 0. The third kappa shape index (κ3) is 4.28. The van der Waals surface area contributed by atoms with Gasteiger partial charge in [0, 0.05) is 19.3 Å². The van der Waals surface area contributed by atoms with E-state index in [0.717, 1.165) is 5.56 Å². The van der Waals surface area contributed by atoms with Crippen LogP contribution in [0.25, 0.3) is 0 Å². The molecule has 1 aromatic carbocycles. The molecule has 0 radical (unpaired) electrons. The molecule has 0 saturated carbocycles. The van der Waals surface area contributed by atoms with Crippen molar-refractivity contribution < 1.29 is 17.9 Å². The van der Waals surface area contributed by atoms with Crippen molar-refractivity contribution in [1.82, 2.24) is 9.29 Å². The van der Waals surface area contributed by atoms with Crippen molar-refractivity contribution in [3.8, 4) is 5.75 Å². The summed E-state index contributed by atoms with van der Waals surface area (Å²) in [7, 11) is -2.12. The van der Waals surface area contributed by atoms with E-state index >= 15 is 0 Å². The SMILES string of the molecule is COc1ccc(S(=O)(=O)N2CCC[C@H](C(=O)Nc3ncccc3C)C2)cc1. The third-order valence-electron chi connectivity index (χ3n) is 4.70. The lowest BCUT2D eigenvalue weighted by Crippen LogP contribution is -2.43. The molecule has 144 valence electrons. The maximum Gasteiger partial charge on any atom is 0.243 e. The van der Waals surface area contributed by atoms with Gasteiger partial charge < -0.3 is 10.1 Å². The zero-order chi connectivity index (χ0) is 19.4. The first-order valence-electron chi connectivity index (χ1n) is 8.78. The Hall–Kier alpha value is -2.45. The summed E-state index contributed by atoms with van der Waals surface area (Å²) in [5.74, 6) is 0.493. The van der Waals surface area contributed by atoms with Crippen LogP contribution in [0.5, 0.6) is 5.75 Å². The van der Waals surface area contributed by atoms with Gasteiger partial charge in [-0.2, -0.15) is 4.31 Å². The molecule has 2 heterocycles. The van der Waals surface area contributed by atoms with Gasteiger partial charge in [-0.1, -0.05) is 6.07 Å². The second-order valence-corrected chi connectivity index (χ2v) is 8.47. The quantitative estimate of drug-likeness (QED) is 0.848. The van der Waals surface area contributed by atoms with Crippen LogP contribution >= 0.6 is 0 Å². The Bertz CT molecular complexity index is 913. The summed E-state index contributed by atoms with van der Waals surface area (Å²) in [6.07, 6.45) is 2.89. The number of ether oxygens (including phenoxy) is 1. The summed E-state index contributed by atoms with van der Waals surface area (Å²) < 4.78 is 32.3. The van der Waals surface area contributed by atoms with Gasteiger partial charge in [0.2, 0.25) is 15.9 Å². The highest BCUT2D eigenvalue weighted by Gasteiger charge is 2.33. The van der Waals surface area contributed by atoms with E-state index in [0.29, 0.717) is 31.0 Å². The standard InChI is InChI=1S/C19H23N3O4S/c1-14-5-3-11-20-18(14)21-19(23)15-6-4-12-22(13-15)27(24,25)17-9-7-16(26-2)8-10-17/h3,5,7-11,15H,4,6,12-13H2,1-2H3,(H,20,21,23)/t15-/m0/s1. The highest BCUT2D eigenvalue weighted by atomic mass is 32.2. The van der Waals surface area contributed by atoms with Crippen molar-refractivity contribution in [1.29, 1.82) is 0 Å². The molecule has 1 atom stereocenters. The van der Waals surface area contributed by atoms with Crippen molar-refractivity contribution in [2.45, 2.75) is 24.7 Å². The second-order valence-electron chi connectivity index (χ2n) is 6.54. The number of rotatable bonds is 5. The number of hydrogen-bond donors (Lipinski definition) is 1. The van der Waals surface area contributed by atoms with Gasteiger partial charge in [-0.25, -0.2) is 13.4 Å². The molecule has 1 N–H and O–H groups in total. The number of carbonyl (C=O) groups is 1. The molecular formula is C19H23N3O4S. The number of piperidine rings is 1. The van der Waals surface area contributed by atoms with Gasteiger partial charge in [0.05, 0.1) is 17.9 Å². The minimum Gasteiger partial charge on any atom is -0.497 e. The molecule has 1 fully saturated rings. The van der Waals surface area contributed by atoms with E-state index in [2.05, 4.69) is 10.3 Å². The fourth-order valence-electron chi connectivity index (χ4n) is 3.11. The molecule has 8 heteroatoms. The van der Waals surface area contributed by atoms with E-state index in [1.165, 1.54) is 23.5 Å². The van der Waals surface area contributed by atoms with Gasteiger partial charge in [-0.3, -0.25) is 4.79 Å². The number of sulfonamides is 1. The van der Waals surface area contributed by atoms with Gasteiger partial charge in [0.1, 0.15) is 11.6 Å². The monoisotopic (exact) mass is 389 g/mol. The number of nitrogens with zero attached hydrogens (tertiary/aromatic N) is 2. The molecule has 1 saturated heterocycles. The molecule has 27 heavy (non-hydrogen) atoms. The Labute approximate surface area is 159 Å². The maximum atomic E-state index is 12.9. The van der Waals surface area contributed by atoms with Crippen LogP contribution < -0.4 is 10.1 Å². The number of carbonyl (C=O) groups excluding carboxylic acids is 1. The van der Waals surface area contributed by atoms with Gasteiger partial charge in [0.25, 0.3) is 0 Å². The number of amides is 1. The molecule has 1 aliphatic rings. The van der Waals surface area contributed by atoms with Crippen LogP contribution in [0.2, 0.25) is 0 Å². The molecule has 0 unspecified atom stereocenters. The first kappa shape index (κ1) is 19.3. The minimum absolute atomic E-state index is 0.159. The smallest absolute Gasteiger partial charge is 0.243 e. The largest absolute Gasteiger partial charge is 0.497 e. The number of aryl methyl sites for hydroxylation is 1. The maximum absolute atomic E-state index is 12.9. The second kappa shape index (κ2) is 8.06. The van der Waals surface area contributed by atoms with Crippen LogP contribution in [0, 0.1) is 12.8 Å². The first-order chi connectivity index (χ1) is 12.9. The fraction of sp³-hybridized carbons (Fsp3) is 0.368. The first-order valence-corrected chi connectivity index (χ1v) is 10.2. The zero-order valence-corrected chi connectivity index (χ0v) is 16.2. The van der Waals surface area contributed by atoms with Crippen LogP contribution in [0.1, 0.15) is 18.4 Å². The predicted octanol–water partition coefficient (Wildman–Crippen LogP) is 2.44. The number of nitrogens with one attached hydrogen (secondary N) is 1. The van der Waals surface area contributed by atoms with Crippen molar-refractivity contribution in [2.24, 2.45) is 5.92 Å².